The molecular weight excluding hydrogens is 196 g/mol. The Kier molecular flexibility index (Phi) is 4.33. The molecule has 0 radical (unpaired) electrons. The van der Waals surface area contributed by atoms with Gasteiger partial charge < -0.3 is 9.15 Å². The van der Waals surface area contributed by atoms with Crippen LogP contribution in [-0.2, 0) is 11.3 Å². The van der Waals surface area contributed by atoms with Gasteiger partial charge in [-0.2, -0.15) is 0 Å². The van der Waals surface area contributed by atoms with Crippen molar-refractivity contribution in [1.29, 1.82) is 0 Å². The largest absolute Gasteiger partial charge is 0.466 e. The molecule has 15 heavy (non-hydrogen) atoms. The molecule has 0 bridgehead atoms. The van der Waals surface area contributed by atoms with Crippen LogP contribution in [0.4, 0.5) is 0 Å². The zero-order valence-electron chi connectivity index (χ0n) is 8.95. The zero-order valence-corrected chi connectivity index (χ0v) is 8.95. The lowest BCUT2D eigenvalue weighted by Crippen LogP contribution is -2.30. The third-order valence-electron chi connectivity index (χ3n) is 2.19. The fraction of sp³-hybridized carbons (Fsp3) is 0.500. The predicted octanol–water partition coefficient (Wildman–Crippen LogP) is 1.20. The van der Waals surface area contributed by atoms with Crippen molar-refractivity contribution in [3.8, 4) is 0 Å². The molecule has 1 rings (SSSR count). The van der Waals surface area contributed by atoms with E-state index in [0.717, 1.165) is 6.42 Å². The quantitative estimate of drug-likeness (QED) is 0.436. The molecule has 0 aliphatic rings. The van der Waals surface area contributed by atoms with Crippen molar-refractivity contribution >= 4 is 5.91 Å². The molecule has 0 spiro atoms. The summed E-state index contributed by atoms with van der Waals surface area (Å²) in [6.45, 7) is 4.27. The van der Waals surface area contributed by atoms with Crippen molar-refractivity contribution in [2.24, 2.45) is 5.84 Å². The number of furan rings is 1. The summed E-state index contributed by atoms with van der Waals surface area (Å²) in [4.78, 5) is 11.3. The van der Waals surface area contributed by atoms with Crippen molar-refractivity contribution in [2.45, 2.75) is 33.0 Å². The average Bonchev–Trinajstić information content (AvgIpc) is 2.72. The maximum absolute atomic E-state index is 11.3. The van der Waals surface area contributed by atoms with Gasteiger partial charge in [-0.25, -0.2) is 5.84 Å². The summed E-state index contributed by atoms with van der Waals surface area (Å²) >= 11 is 0. The Morgan fingerprint density at radius 3 is 3.07 bits per heavy atom. The van der Waals surface area contributed by atoms with E-state index >= 15 is 0 Å². The number of hydrazine groups is 1. The lowest BCUT2D eigenvalue weighted by atomic mass is 10.2. The standard InChI is InChI=1S/C10H16N2O3/c1-3-7(2)15-6-9-8(4-5-14-9)10(13)12-11/h4-5,7H,3,6,11H2,1-2H3,(H,12,13). The van der Waals surface area contributed by atoms with Gasteiger partial charge >= 0.3 is 0 Å². The molecule has 0 saturated carbocycles. The van der Waals surface area contributed by atoms with Crippen LogP contribution in [0.2, 0.25) is 0 Å². The van der Waals surface area contributed by atoms with E-state index in [4.69, 9.17) is 15.0 Å². The SMILES string of the molecule is CCC(C)OCc1occc1C(=O)NN. The molecule has 5 heteroatoms. The fourth-order valence-corrected chi connectivity index (χ4v) is 1.07. The van der Waals surface area contributed by atoms with E-state index in [0.29, 0.717) is 11.3 Å². The van der Waals surface area contributed by atoms with Crippen LogP contribution < -0.4 is 11.3 Å². The van der Waals surface area contributed by atoms with Crippen LogP contribution in [0.3, 0.4) is 0 Å². The first-order chi connectivity index (χ1) is 7.19. The molecular formula is C10H16N2O3. The highest BCUT2D eigenvalue weighted by Gasteiger charge is 2.14. The molecule has 3 N–H and O–H groups in total. The topological polar surface area (TPSA) is 77.5 Å². The summed E-state index contributed by atoms with van der Waals surface area (Å²) in [7, 11) is 0. The van der Waals surface area contributed by atoms with Crippen LogP contribution in [0.15, 0.2) is 16.7 Å². The monoisotopic (exact) mass is 212 g/mol. The van der Waals surface area contributed by atoms with Crippen molar-refractivity contribution < 1.29 is 13.9 Å². The molecule has 1 aromatic heterocycles. The Morgan fingerprint density at radius 1 is 1.73 bits per heavy atom. The highest BCUT2D eigenvalue weighted by atomic mass is 16.5. The minimum absolute atomic E-state index is 0.142. The van der Waals surface area contributed by atoms with Gasteiger partial charge in [0.25, 0.3) is 5.91 Å². The van der Waals surface area contributed by atoms with E-state index in [2.05, 4.69) is 5.43 Å². The molecule has 0 aliphatic carbocycles. The Labute approximate surface area is 88.6 Å². The molecule has 1 amide bonds. The van der Waals surface area contributed by atoms with Crippen molar-refractivity contribution in [1.82, 2.24) is 5.43 Å². The van der Waals surface area contributed by atoms with Crippen LogP contribution in [0.25, 0.3) is 0 Å². The lowest BCUT2D eigenvalue weighted by molar-refractivity contribution is 0.0398. The van der Waals surface area contributed by atoms with Crippen LogP contribution in [0, 0.1) is 0 Å². The highest BCUT2D eigenvalue weighted by molar-refractivity contribution is 5.94. The molecule has 1 aromatic rings. The van der Waals surface area contributed by atoms with E-state index in [9.17, 15) is 4.79 Å². The average molecular weight is 212 g/mol. The van der Waals surface area contributed by atoms with Crippen LogP contribution in [0.1, 0.15) is 36.4 Å². The first-order valence-electron chi connectivity index (χ1n) is 4.88. The second kappa shape index (κ2) is 5.53. The van der Waals surface area contributed by atoms with Gasteiger partial charge in [0.1, 0.15) is 12.4 Å². The lowest BCUT2D eigenvalue weighted by Gasteiger charge is -2.09. The number of ether oxygens (including phenoxy) is 1. The van der Waals surface area contributed by atoms with Gasteiger partial charge in [0.05, 0.1) is 17.9 Å². The van der Waals surface area contributed by atoms with Gasteiger partial charge in [0.2, 0.25) is 0 Å². The minimum Gasteiger partial charge on any atom is -0.466 e. The molecule has 0 aromatic carbocycles. The number of rotatable bonds is 5. The molecule has 5 nitrogen and oxygen atoms in total. The number of nitrogens with two attached hydrogens (primary N) is 1. The molecule has 0 aliphatic heterocycles. The van der Waals surface area contributed by atoms with Crippen molar-refractivity contribution in [3.63, 3.8) is 0 Å². The number of hydrogen-bond acceptors (Lipinski definition) is 4. The van der Waals surface area contributed by atoms with Gasteiger partial charge in [-0.15, -0.1) is 0 Å². The van der Waals surface area contributed by atoms with E-state index in [1.807, 2.05) is 13.8 Å². The van der Waals surface area contributed by atoms with Crippen LogP contribution >= 0.6 is 0 Å². The number of carbonyl (C=O) groups excluding carboxylic acids is 1. The van der Waals surface area contributed by atoms with Gasteiger partial charge in [-0.05, 0) is 19.4 Å². The maximum Gasteiger partial charge on any atom is 0.268 e. The third kappa shape index (κ3) is 3.07. The molecule has 84 valence electrons. The molecule has 0 fully saturated rings. The molecule has 1 unspecified atom stereocenters. The minimum atomic E-state index is -0.369. The summed E-state index contributed by atoms with van der Waals surface area (Å²) in [6.07, 6.45) is 2.50. The summed E-state index contributed by atoms with van der Waals surface area (Å²) in [6, 6.07) is 1.57. The van der Waals surface area contributed by atoms with Crippen molar-refractivity contribution in [3.05, 3.63) is 23.7 Å². The maximum atomic E-state index is 11.3. The second-order valence-electron chi connectivity index (χ2n) is 3.26. The first kappa shape index (κ1) is 11.7. The van der Waals surface area contributed by atoms with Gasteiger partial charge in [-0.1, -0.05) is 6.92 Å². The number of nitrogens with one attached hydrogen (secondary N) is 1. The van der Waals surface area contributed by atoms with Gasteiger partial charge in [-0.3, -0.25) is 10.2 Å². The Balaban J connectivity index is 2.61. The van der Waals surface area contributed by atoms with Gasteiger partial charge in [0, 0.05) is 0 Å². The highest BCUT2D eigenvalue weighted by Crippen LogP contribution is 2.13. The summed E-state index contributed by atoms with van der Waals surface area (Å²) in [5.41, 5.74) is 2.47. The van der Waals surface area contributed by atoms with E-state index in [1.165, 1.54) is 6.26 Å². The third-order valence-corrected chi connectivity index (χ3v) is 2.19. The van der Waals surface area contributed by atoms with E-state index in [1.54, 1.807) is 6.07 Å². The predicted molar refractivity (Wildman–Crippen MR) is 54.9 cm³/mol. The zero-order chi connectivity index (χ0) is 11.3. The Hall–Kier alpha value is -1.33. The second-order valence-corrected chi connectivity index (χ2v) is 3.26. The summed E-state index contributed by atoms with van der Waals surface area (Å²) < 4.78 is 10.6. The summed E-state index contributed by atoms with van der Waals surface area (Å²) in [5, 5.41) is 0. The molecule has 0 saturated heterocycles. The van der Waals surface area contributed by atoms with E-state index in [-0.39, 0.29) is 18.6 Å². The number of hydrogen-bond donors (Lipinski definition) is 2. The Morgan fingerprint density at radius 2 is 2.47 bits per heavy atom. The van der Waals surface area contributed by atoms with Crippen LogP contribution in [0.5, 0.6) is 0 Å². The van der Waals surface area contributed by atoms with Crippen molar-refractivity contribution in [2.75, 3.05) is 0 Å². The number of carbonyl (C=O) groups is 1. The van der Waals surface area contributed by atoms with Gasteiger partial charge in [0.15, 0.2) is 0 Å². The first-order valence-corrected chi connectivity index (χ1v) is 4.88. The van der Waals surface area contributed by atoms with E-state index < -0.39 is 0 Å². The normalized spacial score (nSPS) is 12.5. The Bertz CT molecular complexity index is 322. The molecule has 1 heterocycles. The summed E-state index contributed by atoms with van der Waals surface area (Å²) in [5.74, 6) is 5.16. The fourth-order valence-electron chi connectivity index (χ4n) is 1.07. The smallest absolute Gasteiger partial charge is 0.268 e. The number of nitrogen functional groups attached to an aromatic ring is 1. The molecule has 1 atom stereocenters. The van der Waals surface area contributed by atoms with Crippen LogP contribution in [-0.4, -0.2) is 12.0 Å². The number of amides is 1.